The number of rotatable bonds is 4. The van der Waals surface area contributed by atoms with E-state index in [-0.39, 0.29) is 17.7 Å². The van der Waals surface area contributed by atoms with Gasteiger partial charge in [-0.1, -0.05) is 22.0 Å². The Morgan fingerprint density at radius 1 is 1.36 bits per heavy atom. The summed E-state index contributed by atoms with van der Waals surface area (Å²) in [6, 6.07) is 10.4. The second-order valence-electron chi connectivity index (χ2n) is 4.60. The van der Waals surface area contributed by atoms with E-state index in [1.54, 1.807) is 23.7 Å². The van der Waals surface area contributed by atoms with Crippen LogP contribution in [0, 0.1) is 0 Å². The van der Waals surface area contributed by atoms with Crippen molar-refractivity contribution in [3.63, 3.8) is 0 Å². The van der Waals surface area contributed by atoms with Crippen LogP contribution in [0.25, 0.3) is 5.69 Å². The predicted molar refractivity (Wildman–Crippen MR) is 81.4 cm³/mol. The fraction of sp³-hybridized carbons (Fsp3) is 0.143. The summed E-state index contributed by atoms with van der Waals surface area (Å²) in [5, 5.41) is 14.5. The zero-order chi connectivity index (χ0) is 15.5. The number of carbonyl (C=O) groups is 1. The van der Waals surface area contributed by atoms with E-state index in [2.05, 4.69) is 36.8 Å². The average Bonchev–Trinajstić information content (AvgIpc) is 3.18. The van der Waals surface area contributed by atoms with Gasteiger partial charge in [0.1, 0.15) is 0 Å². The maximum atomic E-state index is 12.0. The number of halogens is 1. The molecule has 22 heavy (non-hydrogen) atoms. The van der Waals surface area contributed by atoms with E-state index in [9.17, 15) is 4.79 Å². The van der Waals surface area contributed by atoms with Crippen molar-refractivity contribution in [1.29, 1.82) is 0 Å². The van der Waals surface area contributed by atoms with Gasteiger partial charge in [-0.05, 0) is 47.7 Å². The van der Waals surface area contributed by atoms with E-state index >= 15 is 0 Å². The van der Waals surface area contributed by atoms with Crippen molar-refractivity contribution >= 4 is 21.8 Å². The van der Waals surface area contributed by atoms with E-state index in [1.807, 2.05) is 24.3 Å². The molecule has 1 atom stereocenters. The van der Waals surface area contributed by atoms with Crippen LogP contribution < -0.4 is 5.32 Å². The highest BCUT2D eigenvalue weighted by molar-refractivity contribution is 9.10. The fourth-order valence-electron chi connectivity index (χ4n) is 2.00. The Labute approximate surface area is 134 Å². The maximum absolute atomic E-state index is 12.0. The molecule has 3 rings (SSSR count). The Bertz CT molecular complexity index is 784. The fourth-order valence-corrected chi connectivity index (χ4v) is 2.38. The van der Waals surface area contributed by atoms with Gasteiger partial charge in [0, 0.05) is 4.47 Å². The smallest absolute Gasteiger partial charge is 0.287 e. The first-order chi connectivity index (χ1) is 10.6. The van der Waals surface area contributed by atoms with Crippen molar-refractivity contribution in [2.75, 3.05) is 0 Å². The molecule has 1 amide bonds. The Morgan fingerprint density at radius 2 is 2.23 bits per heavy atom. The SMILES string of the molecule is CC(NC(=O)c1ccco1)c1nnnn1-c1cccc(Br)c1. The van der Waals surface area contributed by atoms with Gasteiger partial charge in [0.15, 0.2) is 11.6 Å². The third-order valence-corrected chi connectivity index (χ3v) is 3.52. The molecule has 7 nitrogen and oxygen atoms in total. The predicted octanol–water partition coefficient (Wildman–Crippen LogP) is 2.51. The monoisotopic (exact) mass is 361 g/mol. The second kappa shape index (κ2) is 6.10. The largest absolute Gasteiger partial charge is 0.459 e. The number of furan rings is 1. The highest BCUT2D eigenvalue weighted by atomic mass is 79.9. The van der Waals surface area contributed by atoms with Crippen LogP contribution in [0.2, 0.25) is 0 Å². The molecule has 0 radical (unpaired) electrons. The van der Waals surface area contributed by atoms with Crippen LogP contribution in [0.3, 0.4) is 0 Å². The highest BCUT2D eigenvalue weighted by Gasteiger charge is 2.19. The molecule has 0 saturated heterocycles. The molecule has 0 fully saturated rings. The first-order valence-corrected chi connectivity index (χ1v) is 7.33. The number of tetrazole rings is 1. The third-order valence-electron chi connectivity index (χ3n) is 3.03. The number of benzene rings is 1. The van der Waals surface area contributed by atoms with Crippen molar-refractivity contribution in [3.05, 3.63) is 58.7 Å². The number of nitrogens with zero attached hydrogens (tertiary/aromatic N) is 4. The van der Waals surface area contributed by atoms with Gasteiger partial charge in [-0.25, -0.2) is 0 Å². The Morgan fingerprint density at radius 3 is 2.95 bits per heavy atom. The van der Waals surface area contributed by atoms with Crippen LogP contribution in [0.15, 0.2) is 51.6 Å². The van der Waals surface area contributed by atoms with Crippen molar-refractivity contribution in [1.82, 2.24) is 25.5 Å². The lowest BCUT2D eigenvalue weighted by molar-refractivity contribution is 0.0910. The Balaban J connectivity index is 1.84. The molecule has 0 saturated carbocycles. The lowest BCUT2D eigenvalue weighted by Gasteiger charge is -2.12. The second-order valence-corrected chi connectivity index (χ2v) is 5.52. The average molecular weight is 362 g/mol. The molecule has 0 aliphatic carbocycles. The molecule has 8 heteroatoms. The van der Waals surface area contributed by atoms with Crippen molar-refractivity contribution in [2.24, 2.45) is 0 Å². The summed E-state index contributed by atoms with van der Waals surface area (Å²) in [4.78, 5) is 12.0. The van der Waals surface area contributed by atoms with Crippen LogP contribution in [0.4, 0.5) is 0 Å². The summed E-state index contributed by atoms with van der Waals surface area (Å²) >= 11 is 3.41. The molecular weight excluding hydrogens is 350 g/mol. The minimum absolute atomic E-state index is 0.244. The highest BCUT2D eigenvalue weighted by Crippen LogP contribution is 2.18. The molecule has 1 unspecified atom stereocenters. The topological polar surface area (TPSA) is 85.8 Å². The summed E-state index contributed by atoms with van der Waals surface area (Å²) in [6.07, 6.45) is 1.45. The molecular formula is C14H12BrN5O2. The maximum Gasteiger partial charge on any atom is 0.287 e. The van der Waals surface area contributed by atoms with Gasteiger partial charge in [0.2, 0.25) is 0 Å². The van der Waals surface area contributed by atoms with Gasteiger partial charge in [0.25, 0.3) is 5.91 Å². The van der Waals surface area contributed by atoms with E-state index in [0.717, 1.165) is 10.2 Å². The molecule has 0 aliphatic rings. The van der Waals surface area contributed by atoms with E-state index < -0.39 is 0 Å². The van der Waals surface area contributed by atoms with Crippen LogP contribution in [-0.4, -0.2) is 26.1 Å². The van der Waals surface area contributed by atoms with Gasteiger partial charge in [-0.2, -0.15) is 4.68 Å². The molecule has 0 aliphatic heterocycles. The van der Waals surface area contributed by atoms with E-state index in [0.29, 0.717) is 5.82 Å². The summed E-state index contributed by atoms with van der Waals surface area (Å²) in [6.45, 7) is 1.81. The lowest BCUT2D eigenvalue weighted by Crippen LogP contribution is -2.28. The molecule has 0 spiro atoms. The molecule has 1 aromatic carbocycles. The molecule has 1 N–H and O–H groups in total. The van der Waals surface area contributed by atoms with Gasteiger partial charge in [-0.15, -0.1) is 5.10 Å². The number of carbonyl (C=O) groups excluding carboxylic acids is 1. The normalized spacial score (nSPS) is 12.1. The van der Waals surface area contributed by atoms with Crippen LogP contribution in [-0.2, 0) is 0 Å². The van der Waals surface area contributed by atoms with Crippen molar-refractivity contribution in [2.45, 2.75) is 13.0 Å². The van der Waals surface area contributed by atoms with Gasteiger partial charge >= 0.3 is 0 Å². The van der Waals surface area contributed by atoms with Crippen molar-refractivity contribution in [3.8, 4) is 5.69 Å². The van der Waals surface area contributed by atoms with Gasteiger partial charge < -0.3 is 9.73 Å². The van der Waals surface area contributed by atoms with E-state index in [1.165, 1.54) is 6.26 Å². The summed E-state index contributed by atoms with van der Waals surface area (Å²) in [5.74, 6) is 0.452. The molecule has 2 aromatic heterocycles. The summed E-state index contributed by atoms with van der Waals surface area (Å²) < 4.78 is 7.56. The summed E-state index contributed by atoms with van der Waals surface area (Å²) in [7, 11) is 0. The Hall–Kier alpha value is -2.48. The lowest BCUT2D eigenvalue weighted by atomic mass is 10.2. The Kier molecular flexibility index (Phi) is 4.01. The third kappa shape index (κ3) is 2.91. The molecule has 3 aromatic rings. The molecule has 112 valence electrons. The zero-order valence-corrected chi connectivity index (χ0v) is 13.2. The number of hydrogen-bond acceptors (Lipinski definition) is 5. The zero-order valence-electron chi connectivity index (χ0n) is 11.6. The van der Waals surface area contributed by atoms with Crippen LogP contribution in [0.5, 0.6) is 0 Å². The van der Waals surface area contributed by atoms with Crippen LogP contribution >= 0.6 is 15.9 Å². The minimum Gasteiger partial charge on any atom is -0.459 e. The standard InChI is InChI=1S/C14H12BrN5O2/c1-9(16-14(21)12-6-3-7-22-12)13-17-18-19-20(13)11-5-2-4-10(15)8-11/h2-9H,1H3,(H,16,21). The number of nitrogens with one attached hydrogen (secondary N) is 1. The van der Waals surface area contributed by atoms with Crippen LogP contribution in [0.1, 0.15) is 29.3 Å². The number of amides is 1. The minimum atomic E-state index is -0.383. The van der Waals surface area contributed by atoms with Gasteiger partial charge in [0.05, 0.1) is 18.0 Å². The molecule has 2 heterocycles. The number of aromatic nitrogens is 4. The first-order valence-electron chi connectivity index (χ1n) is 6.54. The van der Waals surface area contributed by atoms with E-state index in [4.69, 9.17) is 4.42 Å². The summed E-state index contributed by atoms with van der Waals surface area (Å²) in [5.41, 5.74) is 0.800. The van der Waals surface area contributed by atoms with Gasteiger partial charge in [-0.3, -0.25) is 4.79 Å². The first kappa shape index (κ1) is 14.5. The van der Waals surface area contributed by atoms with Crippen molar-refractivity contribution < 1.29 is 9.21 Å². The quantitative estimate of drug-likeness (QED) is 0.771. The number of hydrogen-bond donors (Lipinski definition) is 1. The molecule has 0 bridgehead atoms.